The molecule has 2 aromatic rings. The maximum Gasteiger partial charge on any atom is 0.414 e. The van der Waals surface area contributed by atoms with Crippen LogP contribution in [0.2, 0.25) is 0 Å². The summed E-state index contributed by atoms with van der Waals surface area (Å²) in [5, 5.41) is 8.77. The van der Waals surface area contributed by atoms with Gasteiger partial charge in [-0.1, -0.05) is 18.2 Å². The Bertz CT molecular complexity index is 1080. The van der Waals surface area contributed by atoms with Gasteiger partial charge in [0.05, 0.1) is 25.0 Å². The number of amides is 1. The number of hydrogen-bond donors (Lipinski definition) is 2. The molecule has 0 aliphatic carbocycles. The summed E-state index contributed by atoms with van der Waals surface area (Å²) in [5.41, 5.74) is 0.921. The van der Waals surface area contributed by atoms with E-state index in [1.54, 1.807) is 18.2 Å². The van der Waals surface area contributed by atoms with Crippen LogP contribution in [0.25, 0.3) is 6.08 Å². The quantitative estimate of drug-likeness (QED) is 0.663. The first-order chi connectivity index (χ1) is 13.8. The molecular formula is C19H18N2O7S. The van der Waals surface area contributed by atoms with E-state index in [1.165, 1.54) is 42.4 Å². The van der Waals surface area contributed by atoms with E-state index >= 15 is 0 Å². The number of carboxylic acids is 1. The average molecular weight is 418 g/mol. The van der Waals surface area contributed by atoms with E-state index in [0.717, 1.165) is 6.08 Å². The average Bonchev–Trinajstić information content (AvgIpc) is 3.12. The summed E-state index contributed by atoms with van der Waals surface area (Å²) in [6.45, 7) is 0.516. The highest BCUT2D eigenvalue weighted by Crippen LogP contribution is 2.32. The van der Waals surface area contributed by atoms with Crippen LogP contribution in [-0.2, 0) is 19.6 Å². The van der Waals surface area contributed by atoms with Crippen LogP contribution < -0.4 is 14.4 Å². The molecule has 1 saturated heterocycles. The summed E-state index contributed by atoms with van der Waals surface area (Å²) >= 11 is 0. The lowest BCUT2D eigenvalue weighted by molar-refractivity contribution is -0.131. The molecule has 9 nitrogen and oxygen atoms in total. The minimum Gasteiger partial charge on any atom is -0.495 e. The van der Waals surface area contributed by atoms with E-state index in [-0.39, 0.29) is 22.9 Å². The van der Waals surface area contributed by atoms with E-state index in [2.05, 4.69) is 4.72 Å². The molecule has 1 heterocycles. The van der Waals surface area contributed by atoms with E-state index in [9.17, 15) is 18.0 Å². The second kappa shape index (κ2) is 8.23. The fraction of sp³-hybridized carbons (Fsp3) is 0.158. The Morgan fingerprint density at radius 1 is 1.28 bits per heavy atom. The normalized spacial score (nSPS) is 14.1. The first-order valence-corrected chi connectivity index (χ1v) is 9.95. The number of para-hydroxylation sites is 2. The molecule has 2 N–H and O–H groups in total. The Morgan fingerprint density at radius 2 is 2.03 bits per heavy atom. The number of benzene rings is 2. The van der Waals surface area contributed by atoms with Crippen molar-refractivity contribution in [3.8, 4) is 5.75 Å². The molecule has 1 amide bonds. The van der Waals surface area contributed by atoms with E-state index in [0.29, 0.717) is 17.8 Å². The van der Waals surface area contributed by atoms with Crippen molar-refractivity contribution < 1.29 is 32.6 Å². The molecule has 1 aliphatic rings. The highest BCUT2D eigenvalue weighted by Gasteiger charge is 2.28. The molecule has 1 fully saturated rings. The number of carboxylic acid groups (broad SMARTS) is 1. The molecule has 0 saturated carbocycles. The van der Waals surface area contributed by atoms with Gasteiger partial charge in [-0.25, -0.2) is 18.0 Å². The van der Waals surface area contributed by atoms with Crippen molar-refractivity contribution in [2.45, 2.75) is 4.90 Å². The number of carbonyl (C=O) groups is 2. The molecule has 152 valence electrons. The molecule has 0 spiro atoms. The van der Waals surface area contributed by atoms with Crippen molar-refractivity contribution in [1.29, 1.82) is 0 Å². The predicted molar refractivity (Wildman–Crippen MR) is 106 cm³/mol. The van der Waals surface area contributed by atoms with E-state index < -0.39 is 22.1 Å². The summed E-state index contributed by atoms with van der Waals surface area (Å²) in [6.07, 6.45) is 1.62. The number of anilines is 2. The lowest BCUT2D eigenvalue weighted by Crippen LogP contribution is -2.25. The van der Waals surface area contributed by atoms with Gasteiger partial charge in [0.1, 0.15) is 17.3 Å². The second-order valence-electron chi connectivity index (χ2n) is 5.97. The number of sulfonamides is 1. The van der Waals surface area contributed by atoms with Crippen molar-refractivity contribution in [3.05, 3.63) is 54.1 Å². The van der Waals surface area contributed by atoms with Gasteiger partial charge in [-0.2, -0.15) is 0 Å². The largest absolute Gasteiger partial charge is 0.495 e. The Hall–Kier alpha value is -3.53. The van der Waals surface area contributed by atoms with Gasteiger partial charge in [0.2, 0.25) is 0 Å². The van der Waals surface area contributed by atoms with Crippen molar-refractivity contribution in [1.82, 2.24) is 0 Å². The smallest absolute Gasteiger partial charge is 0.414 e. The van der Waals surface area contributed by atoms with Crippen LogP contribution in [-0.4, -0.2) is 45.8 Å². The van der Waals surface area contributed by atoms with E-state index in [4.69, 9.17) is 14.6 Å². The zero-order valence-electron chi connectivity index (χ0n) is 15.4. The third-order valence-corrected chi connectivity index (χ3v) is 5.48. The van der Waals surface area contributed by atoms with Crippen LogP contribution in [0.5, 0.6) is 5.75 Å². The number of nitrogens with zero attached hydrogens (tertiary/aromatic N) is 1. The summed E-state index contributed by atoms with van der Waals surface area (Å²) in [4.78, 5) is 23.8. The Balaban J connectivity index is 1.99. The summed E-state index contributed by atoms with van der Waals surface area (Å²) in [7, 11) is -2.79. The van der Waals surface area contributed by atoms with Crippen LogP contribution in [0.4, 0.5) is 16.2 Å². The zero-order chi connectivity index (χ0) is 21.0. The Labute approximate surface area is 167 Å². The number of hydrogen-bond acceptors (Lipinski definition) is 6. The lowest BCUT2D eigenvalue weighted by atomic mass is 10.2. The minimum absolute atomic E-state index is 0.0861. The SMILES string of the molecule is COc1ccc(/C=C/C(=O)O)cc1S(=O)(=O)Nc1ccccc1N1CCOC1=O. The monoisotopic (exact) mass is 418 g/mol. The maximum absolute atomic E-state index is 13.1. The van der Waals surface area contributed by atoms with Gasteiger partial charge >= 0.3 is 12.1 Å². The molecule has 0 unspecified atom stereocenters. The molecule has 0 atom stereocenters. The van der Waals surface area contributed by atoms with Gasteiger partial charge in [-0.3, -0.25) is 9.62 Å². The molecule has 29 heavy (non-hydrogen) atoms. The molecular weight excluding hydrogens is 400 g/mol. The van der Waals surface area contributed by atoms with Crippen LogP contribution in [0.3, 0.4) is 0 Å². The first kappa shape index (κ1) is 20.2. The number of rotatable bonds is 7. The Morgan fingerprint density at radius 3 is 2.69 bits per heavy atom. The van der Waals surface area contributed by atoms with E-state index in [1.807, 2.05) is 0 Å². The predicted octanol–water partition coefficient (Wildman–Crippen LogP) is 2.55. The number of ether oxygens (including phenoxy) is 2. The third-order valence-electron chi connectivity index (χ3n) is 4.10. The maximum atomic E-state index is 13.1. The van der Waals surface area contributed by atoms with Gasteiger partial charge in [-0.15, -0.1) is 0 Å². The molecule has 3 rings (SSSR count). The highest BCUT2D eigenvalue weighted by atomic mass is 32.2. The molecule has 0 radical (unpaired) electrons. The van der Waals surface area contributed by atoms with Crippen LogP contribution in [0.15, 0.2) is 53.4 Å². The second-order valence-corrected chi connectivity index (χ2v) is 7.62. The van der Waals surface area contributed by atoms with Gasteiger partial charge in [0.15, 0.2) is 0 Å². The van der Waals surface area contributed by atoms with Gasteiger partial charge in [-0.05, 0) is 35.9 Å². The van der Waals surface area contributed by atoms with Crippen molar-refractivity contribution >= 4 is 39.5 Å². The van der Waals surface area contributed by atoms with Crippen molar-refractivity contribution in [3.63, 3.8) is 0 Å². The summed E-state index contributed by atoms with van der Waals surface area (Å²) in [5.74, 6) is -1.07. The van der Waals surface area contributed by atoms with Gasteiger partial charge in [0, 0.05) is 6.08 Å². The number of cyclic esters (lactones) is 1. The Kier molecular flexibility index (Phi) is 5.74. The van der Waals surface area contributed by atoms with Crippen LogP contribution in [0, 0.1) is 0 Å². The number of methoxy groups -OCH3 is 1. The standard InChI is InChI=1S/C19H18N2O7S/c1-27-16-8-6-13(7-9-18(22)23)12-17(16)29(25,26)20-14-4-2-3-5-15(14)21-10-11-28-19(21)24/h2-9,12,20H,10-11H2,1H3,(H,22,23)/b9-7+. The fourth-order valence-electron chi connectivity index (χ4n) is 2.78. The first-order valence-electron chi connectivity index (χ1n) is 8.47. The topological polar surface area (TPSA) is 122 Å². The molecule has 2 aromatic carbocycles. The van der Waals surface area contributed by atoms with Crippen LogP contribution in [0.1, 0.15) is 5.56 Å². The van der Waals surface area contributed by atoms with Gasteiger partial charge in [0.25, 0.3) is 10.0 Å². The zero-order valence-corrected chi connectivity index (χ0v) is 16.2. The summed E-state index contributed by atoms with van der Waals surface area (Å²) in [6, 6.07) is 10.7. The number of aliphatic carboxylic acids is 1. The van der Waals surface area contributed by atoms with Crippen LogP contribution >= 0.6 is 0 Å². The molecule has 0 bridgehead atoms. The fourth-order valence-corrected chi connectivity index (χ4v) is 4.06. The lowest BCUT2D eigenvalue weighted by Gasteiger charge is -2.19. The molecule has 0 aromatic heterocycles. The molecule has 10 heteroatoms. The van der Waals surface area contributed by atoms with Crippen molar-refractivity contribution in [2.24, 2.45) is 0 Å². The third kappa shape index (κ3) is 4.49. The highest BCUT2D eigenvalue weighted by molar-refractivity contribution is 7.92. The number of carbonyl (C=O) groups excluding carboxylic acids is 1. The number of nitrogens with one attached hydrogen (secondary N) is 1. The molecule has 1 aliphatic heterocycles. The summed E-state index contributed by atoms with van der Waals surface area (Å²) < 4.78 is 38.7. The van der Waals surface area contributed by atoms with Gasteiger partial charge < -0.3 is 14.6 Å². The minimum atomic E-state index is -4.12. The van der Waals surface area contributed by atoms with Crippen molar-refractivity contribution in [2.75, 3.05) is 29.9 Å².